The molecule has 1 atom stereocenters. The van der Waals surface area contributed by atoms with Crippen molar-refractivity contribution < 1.29 is 9.53 Å². The Morgan fingerprint density at radius 1 is 1.58 bits per heavy atom. The van der Waals surface area contributed by atoms with Crippen molar-refractivity contribution in [2.45, 2.75) is 18.9 Å². The number of nitrogens with one attached hydrogen (secondary N) is 1. The summed E-state index contributed by atoms with van der Waals surface area (Å²) in [7, 11) is 1.83. The van der Waals surface area contributed by atoms with Gasteiger partial charge in [-0.25, -0.2) is 0 Å². The van der Waals surface area contributed by atoms with Crippen LogP contribution in [0.2, 0.25) is 0 Å². The zero-order valence-corrected chi connectivity index (χ0v) is 11.3. The van der Waals surface area contributed by atoms with Gasteiger partial charge in [-0.1, -0.05) is 6.07 Å². The Kier molecular flexibility index (Phi) is 5.30. The Balaban J connectivity index is 1.72. The Morgan fingerprint density at radius 3 is 3.16 bits per heavy atom. The number of likely N-dealkylation sites (N-methyl/N-ethyl adjacent to an activating group) is 1. The standard InChI is InChI=1S/C14H21N3O2/c1-17(11-13-10-15-8-9-19-13)14(18)6-5-12-4-2-3-7-16-12/h2-4,7,13,15H,5-6,8-11H2,1H3. The van der Waals surface area contributed by atoms with Gasteiger partial charge >= 0.3 is 0 Å². The maximum Gasteiger partial charge on any atom is 0.222 e. The van der Waals surface area contributed by atoms with E-state index in [1.165, 1.54) is 0 Å². The van der Waals surface area contributed by atoms with Crippen LogP contribution < -0.4 is 5.32 Å². The molecule has 0 bridgehead atoms. The number of ether oxygens (including phenoxy) is 1. The highest BCUT2D eigenvalue weighted by Gasteiger charge is 2.18. The van der Waals surface area contributed by atoms with Crippen LogP contribution in [0.1, 0.15) is 12.1 Å². The minimum absolute atomic E-state index is 0.109. The van der Waals surface area contributed by atoms with E-state index in [4.69, 9.17) is 4.74 Å². The maximum absolute atomic E-state index is 12.0. The van der Waals surface area contributed by atoms with Crippen molar-refractivity contribution in [1.82, 2.24) is 15.2 Å². The Labute approximate surface area is 114 Å². The number of amides is 1. The Bertz CT molecular complexity index is 391. The average molecular weight is 263 g/mol. The van der Waals surface area contributed by atoms with Gasteiger partial charge in [0.25, 0.3) is 0 Å². The largest absolute Gasteiger partial charge is 0.374 e. The summed E-state index contributed by atoms with van der Waals surface area (Å²) in [6, 6.07) is 5.77. The predicted octanol–water partition coefficient (Wildman–Crippen LogP) is 0.461. The van der Waals surface area contributed by atoms with Crippen molar-refractivity contribution in [3.05, 3.63) is 30.1 Å². The SMILES string of the molecule is CN(CC1CNCCO1)C(=O)CCc1ccccn1. The molecule has 19 heavy (non-hydrogen) atoms. The summed E-state index contributed by atoms with van der Waals surface area (Å²) in [5.74, 6) is 0.139. The molecule has 0 saturated carbocycles. The van der Waals surface area contributed by atoms with Gasteiger partial charge in [0.15, 0.2) is 0 Å². The molecule has 1 saturated heterocycles. The van der Waals surface area contributed by atoms with Crippen molar-refractivity contribution in [1.29, 1.82) is 0 Å². The van der Waals surface area contributed by atoms with Crippen LogP contribution in [0.5, 0.6) is 0 Å². The monoisotopic (exact) mass is 263 g/mol. The molecule has 1 unspecified atom stereocenters. The van der Waals surface area contributed by atoms with E-state index in [0.717, 1.165) is 25.4 Å². The molecule has 1 N–H and O–H groups in total. The molecule has 1 aromatic heterocycles. The van der Waals surface area contributed by atoms with Gasteiger partial charge in [0.1, 0.15) is 0 Å². The van der Waals surface area contributed by atoms with Crippen LogP contribution in [-0.4, -0.2) is 55.2 Å². The zero-order valence-electron chi connectivity index (χ0n) is 11.3. The molecule has 5 heteroatoms. The molecule has 1 aliphatic heterocycles. The fraction of sp³-hybridized carbons (Fsp3) is 0.571. The normalized spacial score (nSPS) is 19.1. The van der Waals surface area contributed by atoms with Crippen molar-refractivity contribution >= 4 is 5.91 Å². The molecule has 2 rings (SSSR count). The van der Waals surface area contributed by atoms with Gasteiger partial charge < -0.3 is 15.0 Å². The number of carbonyl (C=O) groups is 1. The van der Waals surface area contributed by atoms with E-state index in [9.17, 15) is 4.79 Å². The molecule has 0 radical (unpaired) electrons. The second-order valence-electron chi connectivity index (χ2n) is 4.79. The lowest BCUT2D eigenvalue weighted by atomic mass is 10.2. The summed E-state index contributed by atoms with van der Waals surface area (Å²) >= 11 is 0. The fourth-order valence-corrected chi connectivity index (χ4v) is 2.12. The quantitative estimate of drug-likeness (QED) is 0.838. The second kappa shape index (κ2) is 7.21. The molecule has 0 aromatic carbocycles. The van der Waals surface area contributed by atoms with Gasteiger partial charge in [-0.2, -0.15) is 0 Å². The van der Waals surface area contributed by atoms with E-state index in [1.807, 2.05) is 25.2 Å². The topological polar surface area (TPSA) is 54.5 Å². The molecule has 1 amide bonds. The van der Waals surface area contributed by atoms with Gasteiger partial charge in [-0.15, -0.1) is 0 Å². The highest BCUT2D eigenvalue weighted by molar-refractivity contribution is 5.76. The van der Waals surface area contributed by atoms with Crippen molar-refractivity contribution in [3.8, 4) is 0 Å². The van der Waals surface area contributed by atoms with Crippen molar-refractivity contribution in [2.75, 3.05) is 33.3 Å². The van der Waals surface area contributed by atoms with Crippen LogP contribution in [0.25, 0.3) is 0 Å². The van der Waals surface area contributed by atoms with E-state index >= 15 is 0 Å². The zero-order chi connectivity index (χ0) is 13.5. The summed E-state index contributed by atoms with van der Waals surface area (Å²) in [5.41, 5.74) is 0.958. The molecule has 2 heterocycles. The molecule has 1 aromatic rings. The third kappa shape index (κ3) is 4.61. The smallest absolute Gasteiger partial charge is 0.222 e. The third-order valence-electron chi connectivity index (χ3n) is 3.23. The predicted molar refractivity (Wildman–Crippen MR) is 72.8 cm³/mol. The van der Waals surface area contributed by atoms with Crippen LogP contribution in [0.3, 0.4) is 0 Å². The highest BCUT2D eigenvalue weighted by Crippen LogP contribution is 2.04. The minimum atomic E-state index is 0.109. The first-order chi connectivity index (χ1) is 9.25. The molecule has 104 valence electrons. The van der Waals surface area contributed by atoms with E-state index in [0.29, 0.717) is 19.4 Å². The first-order valence-electron chi connectivity index (χ1n) is 6.72. The number of hydrogen-bond donors (Lipinski definition) is 1. The van der Waals surface area contributed by atoms with E-state index in [1.54, 1.807) is 11.1 Å². The summed E-state index contributed by atoms with van der Waals surface area (Å²) < 4.78 is 5.59. The second-order valence-corrected chi connectivity index (χ2v) is 4.79. The van der Waals surface area contributed by atoms with Crippen LogP contribution in [0, 0.1) is 0 Å². The number of morpholine rings is 1. The first-order valence-corrected chi connectivity index (χ1v) is 6.72. The van der Waals surface area contributed by atoms with Gasteiger partial charge in [0, 0.05) is 45.0 Å². The molecule has 0 aliphatic carbocycles. The van der Waals surface area contributed by atoms with E-state index < -0.39 is 0 Å². The number of aromatic nitrogens is 1. The molecule has 5 nitrogen and oxygen atoms in total. The van der Waals surface area contributed by atoms with Gasteiger partial charge in [-0.05, 0) is 18.6 Å². The lowest BCUT2D eigenvalue weighted by molar-refractivity contribution is -0.132. The van der Waals surface area contributed by atoms with Gasteiger partial charge in [-0.3, -0.25) is 9.78 Å². The third-order valence-corrected chi connectivity index (χ3v) is 3.23. The van der Waals surface area contributed by atoms with Gasteiger partial charge in [0.2, 0.25) is 5.91 Å². The van der Waals surface area contributed by atoms with E-state index in [2.05, 4.69) is 10.3 Å². The Morgan fingerprint density at radius 2 is 2.47 bits per heavy atom. The molecular weight excluding hydrogens is 242 g/mol. The molecular formula is C14H21N3O2. The maximum atomic E-state index is 12.0. The number of carbonyl (C=O) groups excluding carboxylic acids is 1. The number of aryl methyl sites for hydroxylation is 1. The molecule has 1 fully saturated rings. The summed E-state index contributed by atoms with van der Waals surface area (Å²) in [6.07, 6.45) is 3.05. The van der Waals surface area contributed by atoms with Gasteiger partial charge in [0.05, 0.1) is 12.7 Å². The lowest BCUT2D eigenvalue weighted by Gasteiger charge is -2.28. The van der Waals surface area contributed by atoms with Crippen LogP contribution in [0.4, 0.5) is 0 Å². The van der Waals surface area contributed by atoms with Crippen molar-refractivity contribution in [2.24, 2.45) is 0 Å². The number of rotatable bonds is 5. The van der Waals surface area contributed by atoms with Crippen LogP contribution in [-0.2, 0) is 16.0 Å². The van der Waals surface area contributed by atoms with Crippen LogP contribution >= 0.6 is 0 Å². The van der Waals surface area contributed by atoms with E-state index in [-0.39, 0.29) is 12.0 Å². The van der Waals surface area contributed by atoms with Crippen molar-refractivity contribution in [3.63, 3.8) is 0 Å². The first kappa shape index (κ1) is 14.0. The summed E-state index contributed by atoms with van der Waals surface area (Å²) in [5, 5.41) is 3.26. The number of pyridine rings is 1. The van der Waals surface area contributed by atoms with Crippen LogP contribution in [0.15, 0.2) is 24.4 Å². The molecule has 1 aliphatic rings. The fourth-order valence-electron chi connectivity index (χ4n) is 2.12. The molecule has 0 spiro atoms. The minimum Gasteiger partial charge on any atom is -0.374 e. The highest BCUT2D eigenvalue weighted by atomic mass is 16.5. The Hall–Kier alpha value is -1.46. The average Bonchev–Trinajstić information content (AvgIpc) is 2.47. The summed E-state index contributed by atoms with van der Waals surface area (Å²) in [6.45, 7) is 3.08. The summed E-state index contributed by atoms with van der Waals surface area (Å²) in [4.78, 5) is 18.0. The number of hydrogen-bond acceptors (Lipinski definition) is 4. The number of nitrogens with zero attached hydrogens (tertiary/aromatic N) is 2. The lowest BCUT2D eigenvalue weighted by Crippen LogP contribution is -2.45.